The van der Waals surface area contributed by atoms with Gasteiger partial charge in [0.05, 0.1) is 42.0 Å². The fourth-order valence-electron chi connectivity index (χ4n) is 3.52. The summed E-state index contributed by atoms with van der Waals surface area (Å²) in [5.74, 6) is -2.66. The first kappa shape index (κ1) is 24.0. The van der Waals surface area contributed by atoms with Crippen molar-refractivity contribution in [3.8, 4) is 5.82 Å². The van der Waals surface area contributed by atoms with E-state index < -0.39 is 21.9 Å². The van der Waals surface area contributed by atoms with Crippen molar-refractivity contribution in [2.24, 2.45) is 0 Å². The molecule has 1 aliphatic rings. The fraction of sp³-hybridized carbons (Fsp3) is 0.273. The molecule has 0 atom stereocenters. The molecule has 180 valence electrons. The Bertz CT molecular complexity index is 1340. The second kappa shape index (κ2) is 8.88. The Labute approximate surface area is 200 Å². The number of nitrogens with one attached hydrogen (secondary N) is 2. The van der Waals surface area contributed by atoms with Crippen molar-refractivity contribution < 1.29 is 22.0 Å². The van der Waals surface area contributed by atoms with Gasteiger partial charge >= 0.3 is 0 Å². The molecule has 0 bridgehead atoms. The van der Waals surface area contributed by atoms with Gasteiger partial charge in [-0.25, -0.2) is 22.2 Å². The van der Waals surface area contributed by atoms with Crippen LogP contribution in [0.2, 0.25) is 5.02 Å². The number of aryl methyl sites for hydroxylation is 1. The summed E-state index contributed by atoms with van der Waals surface area (Å²) in [6.07, 6.45) is 3.13. The van der Waals surface area contributed by atoms with Crippen molar-refractivity contribution in [1.82, 2.24) is 9.55 Å². The molecule has 0 spiro atoms. The van der Waals surface area contributed by atoms with Crippen LogP contribution in [0.5, 0.6) is 0 Å². The molecule has 2 N–H and O–H groups in total. The largest absolute Gasteiger partial charge is 0.358 e. The van der Waals surface area contributed by atoms with Gasteiger partial charge in [0.2, 0.25) is 10.0 Å². The molecular formula is C22H22ClF2N5O3S. The number of carbonyl (C=O) groups excluding carboxylic acids is 1. The molecule has 12 heteroatoms. The van der Waals surface area contributed by atoms with Crippen molar-refractivity contribution in [1.29, 1.82) is 0 Å². The summed E-state index contributed by atoms with van der Waals surface area (Å²) in [6, 6.07) is 9.51. The van der Waals surface area contributed by atoms with Gasteiger partial charge < -0.3 is 14.8 Å². The van der Waals surface area contributed by atoms with Crippen LogP contribution in [0.3, 0.4) is 0 Å². The average Bonchev–Trinajstić information content (AvgIpc) is 3.13. The highest BCUT2D eigenvalue weighted by atomic mass is 35.5. The highest BCUT2D eigenvalue weighted by Crippen LogP contribution is 2.31. The van der Waals surface area contributed by atoms with Gasteiger partial charge in [-0.2, -0.15) is 0 Å². The Balaban J connectivity index is 1.49. The Kier molecular flexibility index (Phi) is 6.26. The second-order valence-electron chi connectivity index (χ2n) is 8.01. The van der Waals surface area contributed by atoms with E-state index in [1.54, 1.807) is 35.9 Å². The Morgan fingerprint density at radius 1 is 1.18 bits per heavy atom. The third-order valence-electron chi connectivity index (χ3n) is 5.27. The van der Waals surface area contributed by atoms with Crippen molar-refractivity contribution in [3.05, 3.63) is 65.1 Å². The number of hydrogen-bond acceptors (Lipinski definition) is 5. The molecule has 0 unspecified atom stereocenters. The van der Waals surface area contributed by atoms with Crippen molar-refractivity contribution in [2.75, 3.05) is 33.8 Å². The molecule has 1 fully saturated rings. The van der Waals surface area contributed by atoms with Gasteiger partial charge in [0.1, 0.15) is 5.82 Å². The molecule has 3 heterocycles. The second-order valence-corrected chi connectivity index (χ2v) is 10.5. The van der Waals surface area contributed by atoms with Crippen LogP contribution in [0.15, 0.2) is 48.8 Å². The fourth-order valence-corrected chi connectivity index (χ4v) is 4.38. The number of rotatable bonds is 7. The van der Waals surface area contributed by atoms with Gasteiger partial charge in [-0.3, -0.25) is 9.52 Å². The SMILES string of the molecule is CCS(=O)(=O)Nc1cc(Cl)cc(NC(=O)c2cc(C)n(-c3ccc(N4CC(F)(F)C4)cn3)c2)c1. The van der Waals surface area contributed by atoms with E-state index in [0.29, 0.717) is 22.8 Å². The maximum Gasteiger partial charge on any atom is 0.282 e. The zero-order valence-corrected chi connectivity index (χ0v) is 19.9. The van der Waals surface area contributed by atoms with Gasteiger partial charge in [0, 0.05) is 22.6 Å². The molecule has 34 heavy (non-hydrogen) atoms. The molecule has 0 saturated carbocycles. The minimum absolute atomic E-state index is 0.104. The minimum Gasteiger partial charge on any atom is -0.358 e. The molecule has 3 aromatic rings. The molecule has 1 aliphatic heterocycles. The summed E-state index contributed by atoms with van der Waals surface area (Å²) < 4.78 is 54.0. The maximum atomic E-state index is 13.1. The number of amides is 1. The Morgan fingerprint density at radius 2 is 1.88 bits per heavy atom. The first-order valence-electron chi connectivity index (χ1n) is 10.4. The lowest BCUT2D eigenvalue weighted by molar-refractivity contribution is -0.0262. The number of halogens is 3. The molecule has 1 aromatic carbocycles. The lowest BCUT2D eigenvalue weighted by Gasteiger charge is -2.40. The summed E-state index contributed by atoms with van der Waals surface area (Å²) in [5.41, 5.74) is 2.26. The molecule has 1 saturated heterocycles. The summed E-state index contributed by atoms with van der Waals surface area (Å²) >= 11 is 6.08. The summed E-state index contributed by atoms with van der Waals surface area (Å²) in [7, 11) is -3.50. The number of benzene rings is 1. The van der Waals surface area contributed by atoms with Crippen LogP contribution in [0.1, 0.15) is 23.0 Å². The summed E-state index contributed by atoms with van der Waals surface area (Å²) in [5, 5.41) is 2.97. The van der Waals surface area contributed by atoms with E-state index in [1.165, 1.54) is 36.2 Å². The number of anilines is 3. The van der Waals surface area contributed by atoms with E-state index in [4.69, 9.17) is 11.6 Å². The first-order chi connectivity index (χ1) is 15.9. The molecule has 0 aliphatic carbocycles. The standard InChI is InChI=1S/C22H22ClF2N5O3S/c1-3-34(32,33)28-18-8-16(23)7-17(9-18)27-21(31)15-6-14(2)30(11-15)20-5-4-19(10-26-20)29-12-22(24,25)13-29/h4-11,28H,3,12-13H2,1-2H3,(H,27,31). The van der Waals surface area contributed by atoms with Gasteiger partial charge in [-0.15, -0.1) is 0 Å². The van der Waals surface area contributed by atoms with E-state index in [-0.39, 0.29) is 29.6 Å². The quantitative estimate of drug-likeness (QED) is 0.495. The van der Waals surface area contributed by atoms with Gasteiger partial charge in [0.25, 0.3) is 11.8 Å². The molecule has 0 radical (unpaired) electrons. The average molecular weight is 510 g/mol. The number of sulfonamides is 1. The van der Waals surface area contributed by atoms with E-state index >= 15 is 0 Å². The third-order valence-corrected chi connectivity index (χ3v) is 6.80. The number of aromatic nitrogens is 2. The van der Waals surface area contributed by atoms with Crippen LogP contribution in [-0.4, -0.2) is 48.6 Å². The zero-order valence-electron chi connectivity index (χ0n) is 18.3. The van der Waals surface area contributed by atoms with Crippen LogP contribution in [0, 0.1) is 6.92 Å². The van der Waals surface area contributed by atoms with E-state index in [1.807, 2.05) is 0 Å². The predicted molar refractivity (Wildman–Crippen MR) is 128 cm³/mol. The van der Waals surface area contributed by atoms with Crippen LogP contribution < -0.4 is 14.9 Å². The zero-order chi connectivity index (χ0) is 24.7. The number of alkyl halides is 2. The Morgan fingerprint density at radius 3 is 2.50 bits per heavy atom. The molecular weight excluding hydrogens is 488 g/mol. The van der Waals surface area contributed by atoms with Crippen molar-refractivity contribution in [2.45, 2.75) is 19.8 Å². The number of pyridine rings is 1. The van der Waals surface area contributed by atoms with Crippen molar-refractivity contribution >= 4 is 44.6 Å². The van der Waals surface area contributed by atoms with E-state index in [0.717, 1.165) is 5.69 Å². The molecule has 8 nitrogen and oxygen atoms in total. The van der Waals surface area contributed by atoms with Gasteiger partial charge in [0.15, 0.2) is 0 Å². The normalized spacial score (nSPS) is 15.0. The van der Waals surface area contributed by atoms with Crippen LogP contribution >= 0.6 is 11.6 Å². The predicted octanol–water partition coefficient (Wildman–Crippen LogP) is 4.30. The highest BCUT2D eigenvalue weighted by Gasteiger charge is 2.44. The lowest BCUT2D eigenvalue weighted by atomic mass is 10.1. The van der Waals surface area contributed by atoms with Crippen LogP contribution in [0.4, 0.5) is 25.8 Å². The van der Waals surface area contributed by atoms with Crippen LogP contribution in [-0.2, 0) is 10.0 Å². The monoisotopic (exact) mass is 509 g/mol. The topological polar surface area (TPSA) is 96.3 Å². The summed E-state index contributed by atoms with van der Waals surface area (Å²) in [4.78, 5) is 18.7. The summed E-state index contributed by atoms with van der Waals surface area (Å²) in [6.45, 7) is 2.66. The minimum atomic E-state index is -3.50. The van der Waals surface area contributed by atoms with Gasteiger partial charge in [-0.05, 0) is 50.2 Å². The molecule has 4 rings (SSSR count). The maximum absolute atomic E-state index is 13.1. The Hall–Kier alpha value is -3.18. The first-order valence-corrected chi connectivity index (χ1v) is 12.4. The number of carbonyl (C=O) groups is 1. The van der Waals surface area contributed by atoms with Crippen LogP contribution in [0.25, 0.3) is 5.82 Å². The highest BCUT2D eigenvalue weighted by molar-refractivity contribution is 7.92. The van der Waals surface area contributed by atoms with E-state index in [9.17, 15) is 22.0 Å². The number of hydrogen-bond donors (Lipinski definition) is 2. The smallest absolute Gasteiger partial charge is 0.282 e. The third kappa shape index (κ3) is 5.31. The van der Waals surface area contributed by atoms with Crippen molar-refractivity contribution in [3.63, 3.8) is 0 Å². The molecule has 2 aromatic heterocycles. The van der Waals surface area contributed by atoms with Gasteiger partial charge in [-0.1, -0.05) is 11.6 Å². The van der Waals surface area contributed by atoms with E-state index in [2.05, 4.69) is 15.0 Å². The lowest BCUT2D eigenvalue weighted by Crippen LogP contribution is -2.56. The molecule has 1 amide bonds. The number of nitrogens with zero attached hydrogens (tertiary/aromatic N) is 3.